The molecule has 2 unspecified atom stereocenters. The molecule has 0 radical (unpaired) electrons. The Morgan fingerprint density at radius 3 is 1.35 bits per heavy atom. The first-order valence-electron chi connectivity index (χ1n) is 9.51. The number of nitrogens with zero attached hydrogens (tertiary/aromatic N) is 2. The molecule has 2 atom stereocenters. The molecule has 4 saturated heterocycles. The van der Waals surface area contributed by atoms with E-state index in [9.17, 15) is 0 Å². The van der Waals surface area contributed by atoms with Gasteiger partial charge in [-0.25, -0.2) is 9.59 Å². The van der Waals surface area contributed by atoms with Crippen molar-refractivity contribution in [2.75, 3.05) is 66.5 Å². The van der Waals surface area contributed by atoms with Gasteiger partial charge in [-0.05, 0) is 76.8 Å². The van der Waals surface area contributed by atoms with Crippen molar-refractivity contribution in [3.8, 4) is 0 Å². The minimum Gasteiger partial charge on any atom is -0.473 e. The molecule has 0 aromatic carbocycles. The second-order valence-corrected chi connectivity index (χ2v) is 8.44. The lowest BCUT2D eigenvalue weighted by Crippen LogP contribution is -2.27. The van der Waals surface area contributed by atoms with Crippen molar-refractivity contribution >= 4 is 11.9 Å². The highest BCUT2D eigenvalue weighted by Gasteiger charge is 2.39. The van der Waals surface area contributed by atoms with E-state index < -0.39 is 11.9 Å². The number of carboxylic acids is 2. The molecule has 0 bridgehead atoms. The Bertz CT molecular complexity index is 444. The summed E-state index contributed by atoms with van der Waals surface area (Å²) in [6.45, 7) is 10.3. The minimum absolute atomic E-state index is 0.675. The number of carbonyl (C=O) groups is 2. The molecule has 0 aromatic heterocycles. The van der Waals surface area contributed by atoms with Gasteiger partial charge in [0, 0.05) is 26.2 Å². The molecule has 2 spiro atoms. The quantitative estimate of drug-likeness (QED) is 0.433. The van der Waals surface area contributed by atoms with Crippen LogP contribution in [0.5, 0.6) is 0 Å². The molecule has 4 N–H and O–H groups in total. The van der Waals surface area contributed by atoms with Gasteiger partial charge in [0.15, 0.2) is 0 Å². The molecule has 4 aliphatic heterocycles. The molecule has 150 valence electrons. The lowest BCUT2D eigenvalue weighted by molar-refractivity contribution is -0.159. The number of carboxylic acid groups (broad SMARTS) is 2. The third-order valence-corrected chi connectivity index (χ3v) is 6.11. The van der Waals surface area contributed by atoms with Crippen LogP contribution < -0.4 is 10.6 Å². The fourth-order valence-corrected chi connectivity index (χ4v) is 4.61. The number of likely N-dealkylation sites (tertiary alicyclic amines) is 2. The highest BCUT2D eigenvalue weighted by Crippen LogP contribution is 2.35. The van der Waals surface area contributed by atoms with Crippen LogP contribution in [0.4, 0.5) is 0 Å². The predicted molar refractivity (Wildman–Crippen MR) is 99.3 cm³/mol. The van der Waals surface area contributed by atoms with Gasteiger partial charge in [-0.15, -0.1) is 0 Å². The summed E-state index contributed by atoms with van der Waals surface area (Å²) in [5.74, 6) is -3.65. The maximum Gasteiger partial charge on any atom is 0.414 e. The van der Waals surface area contributed by atoms with Crippen LogP contribution in [-0.4, -0.2) is 98.4 Å². The maximum absolute atomic E-state index is 9.10. The van der Waals surface area contributed by atoms with Gasteiger partial charge in [0.25, 0.3) is 0 Å². The summed E-state index contributed by atoms with van der Waals surface area (Å²) in [6, 6.07) is 0. The zero-order valence-electron chi connectivity index (χ0n) is 16.1. The lowest BCUT2D eigenvalue weighted by atomic mass is 9.87. The van der Waals surface area contributed by atoms with E-state index >= 15 is 0 Å². The summed E-state index contributed by atoms with van der Waals surface area (Å²) < 4.78 is 0. The molecule has 0 aliphatic carbocycles. The van der Waals surface area contributed by atoms with Gasteiger partial charge in [-0.3, -0.25) is 0 Å². The molecule has 4 aliphatic rings. The van der Waals surface area contributed by atoms with Crippen molar-refractivity contribution in [3.63, 3.8) is 0 Å². The largest absolute Gasteiger partial charge is 0.473 e. The van der Waals surface area contributed by atoms with Gasteiger partial charge in [-0.2, -0.15) is 0 Å². The van der Waals surface area contributed by atoms with Crippen molar-refractivity contribution in [2.45, 2.75) is 25.7 Å². The van der Waals surface area contributed by atoms with Crippen LogP contribution in [0.1, 0.15) is 25.7 Å². The molecule has 4 fully saturated rings. The van der Waals surface area contributed by atoms with Crippen LogP contribution in [-0.2, 0) is 9.59 Å². The third kappa shape index (κ3) is 5.90. The van der Waals surface area contributed by atoms with Crippen molar-refractivity contribution < 1.29 is 19.8 Å². The van der Waals surface area contributed by atoms with Crippen LogP contribution in [0.15, 0.2) is 0 Å². The zero-order valence-corrected chi connectivity index (χ0v) is 16.1. The normalized spacial score (nSPS) is 33.8. The molecule has 26 heavy (non-hydrogen) atoms. The van der Waals surface area contributed by atoms with E-state index in [1.807, 2.05) is 0 Å². The first kappa shape index (κ1) is 21.1. The third-order valence-electron chi connectivity index (χ3n) is 6.11. The van der Waals surface area contributed by atoms with Crippen molar-refractivity contribution in [2.24, 2.45) is 10.8 Å². The molecule has 0 amide bonds. The number of nitrogens with one attached hydrogen (secondary N) is 2. The smallest absolute Gasteiger partial charge is 0.414 e. The number of rotatable bonds is 0. The predicted octanol–water partition coefficient (Wildman–Crippen LogP) is -0.241. The van der Waals surface area contributed by atoms with Gasteiger partial charge < -0.3 is 30.6 Å². The van der Waals surface area contributed by atoms with E-state index in [1.54, 1.807) is 0 Å². The standard InChI is InChI=1S/2C8H16N2.C2H2O4/c2*1-10-5-3-8(7-10)2-4-9-6-8;3-1(4)2(5)6/h2*9H,2-7H2,1H3;(H,3,4)(H,5,6). The van der Waals surface area contributed by atoms with Crippen molar-refractivity contribution in [1.82, 2.24) is 20.4 Å². The average Bonchev–Trinajstić information content (AvgIpc) is 3.35. The molecule has 4 rings (SSSR count). The van der Waals surface area contributed by atoms with E-state index in [2.05, 4.69) is 34.5 Å². The monoisotopic (exact) mass is 370 g/mol. The lowest BCUT2D eigenvalue weighted by Gasteiger charge is -2.20. The molecular weight excluding hydrogens is 336 g/mol. The molecule has 8 heteroatoms. The Labute approximate surface area is 155 Å². The summed E-state index contributed by atoms with van der Waals surface area (Å²) in [7, 11) is 4.46. The molecule has 8 nitrogen and oxygen atoms in total. The second-order valence-electron chi connectivity index (χ2n) is 8.44. The zero-order chi connectivity index (χ0) is 19.2. The van der Waals surface area contributed by atoms with Crippen molar-refractivity contribution in [3.05, 3.63) is 0 Å². The van der Waals surface area contributed by atoms with E-state index in [-0.39, 0.29) is 0 Å². The Hall–Kier alpha value is -1.22. The van der Waals surface area contributed by atoms with Gasteiger partial charge in [0.2, 0.25) is 0 Å². The second kappa shape index (κ2) is 9.12. The van der Waals surface area contributed by atoms with Gasteiger partial charge in [-0.1, -0.05) is 0 Å². The topological polar surface area (TPSA) is 105 Å². The van der Waals surface area contributed by atoms with Gasteiger partial charge in [0.05, 0.1) is 0 Å². The summed E-state index contributed by atoms with van der Waals surface area (Å²) >= 11 is 0. The summed E-state index contributed by atoms with van der Waals surface area (Å²) in [6.07, 6.45) is 5.63. The van der Waals surface area contributed by atoms with Crippen LogP contribution in [0.25, 0.3) is 0 Å². The molecule has 0 saturated carbocycles. The van der Waals surface area contributed by atoms with Gasteiger partial charge >= 0.3 is 11.9 Å². The van der Waals surface area contributed by atoms with Crippen LogP contribution in [0, 0.1) is 10.8 Å². The number of aliphatic carboxylic acids is 2. The Morgan fingerprint density at radius 2 is 1.15 bits per heavy atom. The highest BCUT2D eigenvalue weighted by atomic mass is 16.4. The van der Waals surface area contributed by atoms with E-state index in [0.29, 0.717) is 10.8 Å². The minimum atomic E-state index is -1.82. The molecular formula is C18H34N4O4. The van der Waals surface area contributed by atoms with Gasteiger partial charge in [0.1, 0.15) is 0 Å². The van der Waals surface area contributed by atoms with Crippen LogP contribution in [0.3, 0.4) is 0 Å². The SMILES string of the molecule is CN1CCC2(CCNC2)C1.CN1CCC2(CCNC2)C1.O=C(O)C(=O)O. The molecule has 0 aromatic rings. The average molecular weight is 370 g/mol. The fourth-order valence-electron chi connectivity index (χ4n) is 4.61. The Morgan fingerprint density at radius 1 is 0.769 bits per heavy atom. The first-order valence-corrected chi connectivity index (χ1v) is 9.51. The van der Waals surface area contributed by atoms with Crippen LogP contribution >= 0.6 is 0 Å². The first-order chi connectivity index (χ1) is 12.3. The van der Waals surface area contributed by atoms with Crippen molar-refractivity contribution in [1.29, 1.82) is 0 Å². The van der Waals surface area contributed by atoms with E-state index in [4.69, 9.17) is 19.8 Å². The number of hydrogen-bond donors (Lipinski definition) is 4. The summed E-state index contributed by atoms with van der Waals surface area (Å²) in [5.41, 5.74) is 1.35. The van der Waals surface area contributed by atoms with Crippen LogP contribution in [0.2, 0.25) is 0 Å². The molecule has 4 heterocycles. The highest BCUT2D eigenvalue weighted by molar-refractivity contribution is 6.27. The summed E-state index contributed by atoms with van der Waals surface area (Å²) in [4.78, 5) is 23.1. The Balaban J connectivity index is 0.000000146. The summed E-state index contributed by atoms with van der Waals surface area (Å²) in [5, 5.41) is 21.7. The maximum atomic E-state index is 9.10. The Kier molecular flexibility index (Phi) is 7.40. The number of hydrogen-bond acceptors (Lipinski definition) is 6. The van der Waals surface area contributed by atoms with E-state index in [1.165, 1.54) is 78.0 Å². The fraction of sp³-hybridized carbons (Fsp3) is 0.889. The van der Waals surface area contributed by atoms with E-state index in [0.717, 1.165) is 0 Å².